The largest absolute Gasteiger partial charge is 0.365 e. The van der Waals surface area contributed by atoms with Crippen LogP contribution in [0.15, 0.2) is 12.3 Å². The minimum Gasteiger partial charge on any atom is -0.365 e. The maximum absolute atomic E-state index is 5.29. The van der Waals surface area contributed by atoms with Gasteiger partial charge in [0.2, 0.25) is 5.95 Å². The SMILES string of the molecule is Cc1cc(NCc2cnc(C)s2)nc(NN)n1. The summed E-state index contributed by atoms with van der Waals surface area (Å²) in [5.74, 6) is 6.44. The smallest absolute Gasteiger partial charge is 0.239 e. The summed E-state index contributed by atoms with van der Waals surface area (Å²) in [4.78, 5) is 13.7. The summed E-state index contributed by atoms with van der Waals surface area (Å²) in [6.07, 6.45) is 1.86. The van der Waals surface area contributed by atoms with Crippen molar-refractivity contribution in [3.63, 3.8) is 0 Å². The number of nitrogens with zero attached hydrogens (tertiary/aromatic N) is 3. The molecule has 90 valence electrons. The molecule has 0 fully saturated rings. The van der Waals surface area contributed by atoms with Gasteiger partial charge >= 0.3 is 0 Å². The molecule has 2 rings (SSSR count). The maximum Gasteiger partial charge on any atom is 0.239 e. The summed E-state index contributed by atoms with van der Waals surface area (Å²) in [5.41, 5.74) is 3.30. The van der Waals surface area contributed by atoms with Gasteiger partial charge in [0.15, 0.2) is 0 Å². The molecule has 0 amide bonds. The van der Waals surface area contributed by atoms with Crippen LogP contribution in [0.2, 0.25) is 0 Å². The normalized spacial score (nSPS) is 10.3. The van der Waals surface area contributed by atoms with Crippen LogP contribution in [0, 0.1) is 13.8 Å². The molecule has 0 bridgehead atoms. The standard InChI is InChI=1S/C10H14N6S/c1-6-3-9(15-10(14-6)16-11)13-5-8-4-12-7(2)17-8/h3-4H,5,11H2,1-2H3,(H2,13,14,15,16). The summed E-state index contributed by atoms with van der Waals surface area (Å²) < 4.78 is 0. The topological polar surface area (TPSA) is 88.8 Å². The zero-order valence-corrected chi connectivity index (χ0v) is 10.5. The molecule has 6 nitrogen and oxygen atoms in total. The summed E-state index contributed by atoms with van der Waals surface area (Å²) in [7, 11) is 0. The molecule has 2 aromatic rings. The first-order chi connectivity index (χ1) is 8.17. The summed E-state index contributed by atoms with van der Waals surface area (Å²) in [6, 6.07) is 1.87. The van der Waals surface area contributed by atoms with Gasteiger partial charge in [-0.2, -0.15) is 4.98 Å². The fourth-order valence-electron chi connectivity index (χ4n) is 1.39. The average Bonchev–Trinajstić information content (AvgIpc) is 2.72. The van der Waals surface area contributed by atoms with E-state index in [-0.39, 0.29) is 0 Å². The van der Waals surface area contributed by atoms with Gasteiger partial charge in [0.1, 0.15) is 5.82 Å². The van der Waals surface area contributed by atoms with E-state index in [1.165, 1.54) is 4.88 Å². The molecule has 4 N–H and O–H groups in total. The predicted octanol–water partition coefficient (Wildman–Crippen LogP) is 1.45. The Morgan fingerprint density at radius 2 is 2.18 bits per heavy atom. The second kappa shape index (κ2) is 5.07. The predicted molar refractivity (Wildman–Crippen MR) is 68.8 cm³/mol. The molecule has 2 heterocycles. The number of aromatic nitrogens is 3. The van der Waals surface area contributed by atoms with E-state index < -0.39 is 0 Å². The highest BCUT2D eigenvalue weighted by Crippen LogP contribution is 2.14. The first kappa shape index (κ1) is 11.7. The van der Waals surface area contributed by atoms with E-state index >= 15 is 0 Å². The van der Waals surface area contributed by atoms with Crippen molar-refractivity contribution in [2.75, 3.05) is 10.7 Å². The van der Waals surface area contributed by atoms with Crippen molar-refractivity contribution in [3.8, 4) is 0 Å². The Labute approximate surface area is 103 Å². The first-order valence-electron chi connectivity index (χ1n) is 5.15. The van der Waals surface area contributed by atoms with E-state index in [0.717, 1.165) is 16.5 Å². The highest BCUT2D eigenvalue weighted by molar-refractivity contribution is 7.11. The van der Waals surface area contributed by atoms with Gasteiger partial charge in [-0.05, 0) is 13.8 Å². The number of nitrogens with two attached hydrogens (primary N) is 1. The van der Waals surface area contributed by atoms with Crippen LogP contribution in [0.25, 0.3) is 0 Å². The lowest BCUT2D eigenvalue weighted by Crippen LogP contribution is -2.12. The van der Waals surface area contributed by atoms with Crippen LogP contribution >= 0.6 is 11.3 Å². The van der Waals surface area contributed by atoms with Crippen LogP contribution in [0.5, 0.6) is 0 Å². The van der Waals surface area contributed by atoms with Gasteiger partial charge in [0, 0.05) is 22.8 Å². The molecular formula is C10H14N6S. The van der Waals surface area contributed by atoms with Gasteiger partial charge in [-0.25, -0.2) is 15.8 Å². The number of hydrogen-bond donors (Lipinski definition) is 3. The van der Waals surface area contributed by atoms with E-state index in [1.54, 1.807) is 11.3 Å². The molecule has 0 aliphatic rings. The Morgan fingerprint density at radius 1 is 1.35 bits per heavy atom. The minimum atomic E-state index is 0.410. The Bertz CT molecular complexity index is 509. The van der Waals surface area contributed by atoms with Crippen LogP contribution in [-0.2, 0) is 6.54 Å². The summed E-state index contributed by atoms with van der Waals surface area (Å²) in [5, 5.41) is 4.27. The number of nitrogens with one attached hydrogen (secondary N) is 2. The van der Waals surface area contributed by atoms with Crippen LogP contribution in [0.4, 0.5) is 11.8 Å². The van der Waals surface area contributed by atoms with Crippen molar-refractivity contribution in [3.05, 3.63) is 27.8 Å². The van der Waals surface area contributed by atoms with Crippen molar-refractivity contribution < 1.29 is 0 Å². The van der Waals surface area contributed by atoms with Gasteiger partial charge in [-0.15, -0.1) is 11.3 Å². The van der Waals surface area contributed by atoms with Crippen LogP contribution in [0.1, 0.15) is 15.6 Å². The number of thiazole rings is 1. The van der Waals surface area contributed by atoms with E-state index in [2.05, 4.69) is 25.7 Å². The third kappa shape index (κ3) is 3.11. The van der Waals surface area contributed by atoms with Crippen LogP contribution in [-0.4, -0.2) is 15.0 Å². The maximum atomic E-state index is 5.29. The molecule has 0 atom stereocenters. The molecular weight excluding hydrogens is 236 g/mol. The van der Waals surface area contributed by atoms with Crippen LogP contribution < -0.4 is 16.6 Å². The molecule has 0 radical (unpaired) electrons. The van der Waals surface area contributed by atoms with Gasteiger partial charge in [0.25, 0.3) is 0 Å². The number of hydrogen-bond acceptors (Lipinski definition) is 7. The molecule has 17 heavy (non-hydrogen) atoms. The third-order valence-corrected chi connectivity index (χ3v) is 3.01. The number of anilines is 2. The highest BCUT2D eigenvalue weighted by atomic mass is 32.1. The van der Waals surface area contributed by atoms with Gasteiger partial charge in [-0.1, -0.05) is 0 Å². The van der Waals surface area contributed by atoms with Crippen molar-refractivity contribution in [2.45, 2.75) is 20.4 Å². The molecule has 0 aliphatic heterocycles. The van der Waals surface area contributed by atoms with Crippen molar-refractivity contribution in [1.29, 1.82) is 0 Å². The Balaban J connectivity index is 2.05. The van der Waals surface area contributed by atoms with Crippen molar-refractivity contribution in [1.82, 2.24) is 15.0 Å². The summed E-state index contributed by atoms with van der Waals surface area (Å²) >= 11 is 1.66. The molecule has 0 saturated carbocycles. The van der Waals surface area contributed by atoms with Gasteiger partial charge in [-0.3, -0.25) is 5.43 Å². The zero-order chi connectivity index (χ0) is 12.3. The lowest BCUT2D eigenvalue weighted by molar-refractivity contribution is 1.04. The lowest BCUT2D eigenvalue weighted by atomic mass is 10.4. The lowest BCUT2D eigenvalue weighted by Gasteiger charge is -2.06. The average molecular weight is 250 g/mol. The van der Waals surface area contributed by atoms with Gasteiger partial charge < -0.3 is 5.32 Å². The molecule has 0 spiro atoms. The summed E-state index contributed by atoms with van der Waals surface area (Å²) in [6.45, 7) is 4.58. The number of nitrogen functional groups attached to an aromatic ring is 1. The van der Waals surface area contributed by atoms with Gasteiger partial charge in [0.05, 0.1) is 11.6 Å². The molecule has 2 aromatic heterocycles. The second-order valence-corrected chi connectivity index (χ2v) is 4.88. The number of rotatable bonds is 4. The van der Waals surface area contributed by atoms with E-state index in [4.69, 9.17) is 5.84 Å². The Kier molecular flexibility index (Phi) is 3.50. The minimum absolute atomic E-state index is 0.410. The molecule has 0 aliphatic carbocycles. The zero-order valence-electron chi connectivity index (χ0n) is 9.69. The molecule has 7 heteroatoms. The molecule has 0 aromatic carbocycles. The number of hydrazine groups is 1. The first-order valence-corrected chi connectivity index (χ1v) is 5.96. The van der Waals surface area contributed by atoms with Crippen molar-refractivity contribution in [2.24, 2.45) is 5.84 Å². The molecule has 0 unspecified atom stereocenters. The van der Waals surface area contributed by atoms with Crippen molar-refractivity contribution >= 4 is 23.1 Å². The highest BCUT2D eigenvalue weighted by Gasteiger charge is 2.02. The quantitative estimate of drug-likeness (QED) is 0.562. The monoisotopic (exact) mass is 250 g/mol. The Hall–Kier alpha value is -1.73. The number of aryl methyl sites for hydroxylation is 2. The fraction of sp³-hybridized carbons (Fsp3) is 0.300. The molecule has 0 saturated heterocycles. The van der Waals surface area contributed by atoms with E-state index in [1.807, 2.05) is 26.1 Å². The van der Waals surface area contributed by atoms with Crippen LogP contribution in [0.3, 0.4) is 0 Å². The second-order valence-electron chi connectivity index (χ2n) is 3.56. The Morgan fingerprint density at radius 3 is 2.82 bits per heavy atom. The third-order valence-electron chi connectivity index (χ3n) is 2.10. The van der Waals surface area contributed by atoms with E-state index in [9.17, 15) is 0 Å². The van der Waals surface area contributed by atoms with E-state index in [0.29, 0.717) is 12.5 Å². The fourth-order valence-corrected chi connectivity index (χ4v) is 2.12.